The van der Waals surface area contributed by atoms with Gasteiger partial charge in [0, 0.05) is 30.7 Å². The molecule has 9 heteroatoms. The van der Waals surface area contributed by atoms with Crippen molar-refractivity contribution in [1.29, 1.82) is 0 Å². The molecular weight excluding hydrogens is 446 g/mol. The molecule has 6 rings (SSSR count). The van der Waals surface area contributed by atoms with Gasteiger partial charge in [-0.1, -0.05) is 24.3 Å². The molecule has 0 amide bonds. The third-order valence-corrected chi connectivity index (χ3v) is 7.18. The second-order valence-corrected chi connectivity index (χ2v) is 9.58. The van der Waals surface area contributed by atoms with Crippen molar-refractivity contribution in [2.24, 2.45) is 5.73 Å². The van der Waals surface area contributed by atoms with Gasteiger partial charge in [-0.25, -0.2) is 9.67 Å². The molecule has 1 saturated heterocycles. The highest BCUT2D eigenvalue weighted by atomic mass is 32.1. The van der Waals surface area contributed by atoms with Gasteiger partial charge in [0.05, 0.1) is 25.0 Å². The van der Waals surface area contributed by atoms with E-state index in [-0.39, 0.29) is 11.6 Å². The van der Waals surface area contributed by atoms with Crippen LogP contribution in [0.4, 0.5) is 5.95 Å². The molecule has 0 saturated carbocycles. The van der Waals surface area contributed by atoms with Gasteiger partial charge in [0.25, 0.3) is 5.56 Å². The fourth-order valence-electron chi connectivity index (χ4n) is 4.78. The maximum atomic E-state index is 13.7. The fourth-order valence-corrected chi connectivity index (χ4v) is 5.44. The van der Waals surface area contributed by atoms with Gasteiger partial charge in [-0.2, -0.15) is 16.4 Å². The Bertz CT molecular complexity index is 1520. The van der Waals surface area contributed by atoms with Gasteiger partial charge in [0.1, 0.15) is 11.0 Å². The summed E-state index contributed by atoms with van der Waals surface area (Å²) in [6.07, 6.45) is 5.49. The molecule has 1 fully saturated rings. The molecule has 5 heterocycles. The minimum atomic E-state index is -0.164. The summed E-state index contributed by atoms with van der Waals surface area (Å²) in [5, 5.41) is 10.7. The Morgan fingerprint density at radius 3 is 2.91 bits per heavy atom. The molecule has 34 heavy (non-hydrogen) atoms. The Labute approximate surface area is 200 Å². The molecule has 1 aromatic carbocycles. The minimum Gasteiger partial charge on any atom is -0.341 e. The number of aromatic nitrogens is 5. The quantitative estimate of drug-likeness (QED) is 0.423. The second kappa shape index (κ2) is 8.66. The van der Waals surface area contributed by atoms with Crippen molar-refractivity contribution in [3.8, 4) is 0 Å². The molecule has 0 aliphatic carbocycles. The number of hydrogen-bond acceptors (Lipinski definition) is 7. The topological polar surface area (TPSA) is 94.9 Å². The highest BCUT2D eigenvalue weighted by Gasteiger charge is 2.25. The monoisotopic (exact) mass is 471 g/mol. The maximum absolute atomic E-state index is 13.7. The molecule has 1 aliphatic heterocycles. The summed E-state index contributed by atoms with van der Waals surface area (Å²) >= 11 is 1.65. The van der Waals surface area contributed by atoms with E-state index in [9.17, 15) is 4.79 Å². The van der Waals surface area contributed by atoms with Crippen molar-refractivity contribution >= 4 is 39.1 Å². The number of thiophene rings is 1. The van der Waals surface area contributed by atoms with Crippen LogP contribution in [0.1, 0.15) is 24.1 Å². The van der Waals surface area contributed by atoms with E-state index in [2.05, 4.69) is 31.8 Å². The average molecular weight is 472 g/mol. The van der Waals surface area contributed by atoms with Gasteiger partial charge in [0.15, 0.2) is 0 Å². The molecule has 5 aromatic rings. The van der Waals surface area contributed by atoms with E-state index < -0.39 is 0 Å². The lowest BCUT2D eigenvalue weighted by molar-refractivity contribution is 0.495. The van der Waals surface area contributed by atoms with E-state index in [1.54, 1.807) is 23.7 Å². The zero-order chi connectivity index (χ0) is 23.1. The van der Waals surface area contributed by atoms with E-state index >= 15 is 0 Å². The number of nitrogens with two attached hydrogens (primary N) is 1. The molecule has 1 unspecified atom stereocenters. The summed E-state index contributed by atoms with van der Waals surface area (Å²) in [7, 11) is 0. The third kappa shape index (κ3) is 3.76. The van der Waals surface area contributed by atoms with Gasteiger partial charge < -0.3 is 15.2 Å². The van der Waals surface area contributed by atoms with E-state index in [4.69, 9.17) is 10.7 Å². The molecule has 1 aliphatic rings. The Kier molecular flexibility index (Phi) is 5.35. The lowest BCUT2D eigenvalue weighted by Gasteiger charge is -2.31. The number of piperidine rings is 1. The lowest BCUT2D eigenvalue weighted by Crippen LogP contribution is -2.44. The van der Waals surface area contributed by atoms with Crippen LogP contribution in [0.25, 0.3) is 21.8 Å². The van der Waals surface area contributed by atoms with Crippen molar-refractivity contribution in [3.63, 3.8) is 0 Å². The number of fused-ring (bicyclic) bond motifs is 2. The summed E-state index contributed by atoms with van der Waals surface area (Å²) < 4.78 is 3.53. The fraction of sp³-hybridized carbons (Fsp3) is 0.280. The Balaban J connectivity index is 1.48. The van der Waals surface area contributed by atoms with E-state index in [1.165, 1.54) is 4.68 Å². The molecule has 0 spiro atoms. The van der Waals surface area contributed by atoms with Crippen molar-refractivity contribution in [2.75, 3.05) is 18.0 Å². The summed E-state index contributed by atoms with van der Waals surface area (Å²) in [4.78, 5) is 25.4. The predicted octanol–water partition coefficient (Wildman–Crippen LogP) is 3.23. The predicted molar refractivity (Wildman–Crippen MR) is 135 cm³/mol. The number of nitrogens with zero attached hydrogens (tertiary/aromatic N) is 6. The van der Waals surface area contributed by atoms with Gasteiger partial charge in [-0.05, 0) is 46.7 Å². The summed E-state index contributed by atoms with van der Waals surface area (Å²) in [6.45, 7) is 2.48. The minimum absolute atomic E-state index is 0.107. The number of rotatable bonds is 5. The summed E-state index contributed by atoms with van der Waals surface area (Å²) in [6, 6.07) is 12.2. The van der Waals surface area contributed by atoms with E-state index in [1.807, 2.05) is 34.9 Å². The van der Waals surface area contributed by atoms with Crippen molar-refractivity contribution in [3.05, 3.63) is 81.2 Å². The zero-order valence-corrected chi connectivity index (χ0v) is 19.5. The standard InChI is InChI=1S/C25H25N7OS/c26-19-5-3-10-30(14-19)25-29-21-12-28-32(15-22-20-6-2-1-4-18(20)7-9-27-22)24(33)23(21)31(25)13-17-8-11-34-16-17/h1-2,4,6-9,11-12,16,19H,3,5,10,13-15,26H2. The lowest BCUT2D eigenvalue weighted by atomic mass is 10.1. The van der Waals surface area contributed by atoms with Gasteiger partial charge in [-0.15, -0.1) is 0 Å². The first-order chi connectivity index (χ1) is 16.7. The maximum Gasteiger partial charge on any atom is 0.293 e. The first kappa shape index (κ1) is 21.0. The summed E-state index contributed by atoms with van der Waals surface area (Å²) in [5.41, 5.74) is 9.24. The smallest absolute Gasteiger partial charge is 0.293 e. The van der Waals surface area contributed by atoms with Crippen LogP contribution in [0.5, 0.6) is 0 Å². The number of hydrogen-bond donors (Lipinski definition) is 1. The zero-order valence-electron chi connectivity index (χ0n) is 18.7. The Morgan fingerprint density at radius 1 is 1.15 bits per heavy atom. The third-order valence-electron chi connectivity index (χ3n) is 6.45. The number of benzene rings is 1. The van der Waals surface area contributed by atoms with Crippen LogP contribution in [0, 0.1) is 0 Å². The SMILES string of the molecule is NC1CCCN(c2nc3cnn(Cc4nccc5ccccc45)c(=O)c3n2Cc2ccsc2)C1. The first-order valence-electron chi connectivity index (χ1n) is 11.5. The molecule has 4 aromatic heterocycles. The molecule has 172 valence electrons. The molecule has 2 N–H and O–H groups in total. The highest BCUT2D eigenvalue weighted by molar-refractivity contribution is 7.07. The number of pyridine rings is 1. The average Bonchev–Trinajstić information content (AvgIpc) is 3.50. The molecular formula is C25H25N7OS. The van der Waals surface area contributed by atoms with Crippen LogP contribution in [-0.4, -0.2) is 43.4 Å². The van der Waals surface area contributed by atoms with Crippen LogP contribution in [-0.2, 0) is 13.1 Å². The van der Waals surface area contributed by atoms with Crippen LogP contribution in [0.3, 0.4) is 0 Å². The summed E-state index contributed by atoms with van der Waals surface area (Å²) in [5.74, 6) is 0.788. The van der Waals surface area contributed by atoms with E-state index in [0.717, 1.165) is 53.9 Å². The second-order valence-electron chi connectivity index (χ2n) is 8.80. The van der Waals surface area contributed by atoms with Crippen LogP contribution >= 0.6 is 11.3 Å². The van der Waals surface area contributed by atoms with Gasteiger partial charge >= 0.3 is 0 Å². The van der Waals surface area contributed by atoms with Crippen LogP contribution in [0.2, 0.25) is 0 Å². The number of anilines is 1. The van der Waals surface area contributed by atoms with Crippen LogP contribution < -0.4 is 16.2 Å². The first-order valence-corrected chi connectivity index (χ1v) is 12.4. The Hall–Kier alpha value is -3.56. The normalized spacial score (nSPS) is 16.5. The van der Waals surface area contributed by atoms with Crippen molar-refractivity contribution in [2.45, 2.75) is 32.0 Å². The Morgan fingerprint density at radius 2 is 2.06 bits per heavy atom. The van der Waals surface area contributed by atoms with Crippen molar-refractivity contribution < 1.29 is 0 Å². The molecule has 8 nitrogen and oxygen atoms in total. The van der Waals surface area contributed by atoms with E-state index in [0.29, 0.717) is 24.1 Å². The van der Waals surface area contributed by atoms with Gasteiger partial charge in [0.2, 0.25) is 5.95 Å². The van der Waals surface area contributed by atoms with Crippen LogP contribution in [0.15, 0.2) is 64.3 Å². The number of imidazole rings is 1. The van der Waals surface area contributed by atoms with Gasteiger partial charge in [-0.3, -0.25) is 9.78 Å². The molecule has 0 radical (unpaired) electrons. The van der Waals surface area contributed by atoms with Crippen molar-refractivity contribution in [1.82, 2.24) is 24.3 Å². The largest absolute Gasteiger partial charge is 0.341 e. The molecule has 0 bridgehead atoms. The molecule has 1 atom stereocenters. The highest BCUT2D eigenvalue weighted by Crippen LogP contribution is 2.25.